The van der Waals surface area contributed by atoms with Gasteiger partial charge in [0.2, 0.25) is 0 Å². The van der Waals surface area contributed by atoms with Crippen molar-refractivity contribution in [1.29, 1.82) is 0 Å². The molecule has 0 radical (unpaired) electrons. The van der Waals surface area contributed by atoms with Gasteiger partial charge in [-0.3, -0.25) is 0 Å². The molecule has 1 aliphatic rings. The Kier molecular flexibility index (Phi) is 2.74. The van der Waals surface area contributed by atoms with Crippen molar-refractivity contribution in [2.75, 3.05) is 0 Å². The van der Waals surface area contributed by atoms with E-state index in [1.165, 1.54) is 16.3 Å². The van der Waals surface area contributed by atoms with Gasteiger partial charge in [0.15, 0.2) is 0 Å². The normalized spacial score (nSPS) is 16.8. The third-order valence-corrected chi connectivity index (χ3v) is 4.06. The third kappa shape index (κ3) is 2.00. The summed E-state index contributed by atoms with van der Waals surface area (Å²) < 4.78 is 5.55. The van der Waals surface area contributed by atoms with Crippen LogP contribution in [0, 0.1) is 0 Å². The van der Waals surface area contributed by atoms with E-state index in [1.807, 2.05) is 36.4 Å². The Labute approximate surface area is 123 Å². The Hall–Kier alpha value is -2.61. The summed E-state index contributed by atoms with van der Waals surface area (Å²) in [5, 5.41) is 2.44. The number of carbonyl (C=O) groups is 1. The first-order valence-electron chi connectivity index (χ1n) is 7.09. The lowest BCUT2D eigenvalue weighted by molar-refractivity contribution is 0.0387. The van der Waals surface area contributed by atoms with Crippen LogP contribution in [0.25, 0.3) is 10.8 Å². The van der Waals surface area contributed by atoms with E-state index in [0.29, 0.717) is 12.0 Å². The van der Waals surface area contributed by atoms with E-state index in [-0.39, 0.29) is 12.1 Å². The minimum atomic E-state index is -0.212. The van der Waals surface area contributed by atoms with Gasteiger partial charge in [-0.2, -0.15) is 0 Å². The van der Waals surface area contributed by atoms with Gasteiger partial charge in [0.05, 0.1) is 5.56 Å². The molecule has 0 fully saturated rings. The molecule has 1 heterocycles. The molecule has 0 saturated heterocycles. The highest BCUT2D eigenvalue weighted by atomic mass is 16.5. The highest BCUT2D eigenvalue weighted by Crippen LogP contribution is 2.34. The van der Waals surface area contributed by atoms with Crippen molar-refractivity contribution in [2.45, 2.75) is 12.5 Å². The van der Waals surface area contributed by atoms with Crippen LogP contribution in [0.3, 0.4) is 0 Å². The predicted molar refractivity (Wildman–Crippen MR) is 82.3 cm³/mol. The molecule has 2 heteroatoms. The van der Waals surface area contributed by atoms with E-state index in [1.54, 1.807) is 0 Å². The molecule has 3 aromatic rings. The van der Waals surface area contributed by atoms with E-state index in [9.17, 15) is 4.79 Å². The minimum absolute atomic E-state index is 0.181. The topological polar surface area (TPSA) is 26.3 Å². The molecule has 0 saturated carbocycles. The average Bonchev–Trinajstić information content (AvgIpc) is 2.85. The SMILES string of the molecule is O=C1OC(Cc2cccc3ccccc23)c2ccccc21. The van der Waals surface area contributed by atoms with Crippen molar-refractivity contribution in [1.82, 2.24) is 0 Å². The van der Waals surface area contributed by atoms with Crippen molar-refractivity contribution in [3.8, 4) is 0 Å². The lowest BCUT2D eigenvalue weighted by atomic mass is 9.96. The van der Waals surface area contributed by atoms with Gasteiger partial charge >= 0.3 is 5.97 Å². The molecule has 1 aliphatic heterocycles. The van der Waals surface area contributed by atoms with Gasteiger partial charge in [-0.15, -0.1) is 0 Å². The summed E-state index contributed by atoms with van der Waals surface area (Å²) >= 11 is 0. The quantitative estimate of drug-likeness (QED) is 0.651. The smallest absolute Gasteiger partial charge is 0.339 e. The molecular weight excluding hydrogens is 260 g/mol. The standard InChI is InChI=1S/C19H14O2/c20-19-17-11-4-3-10-16(17)18(21-19)12-14-8-5-7-13-6-1-2-9-15(13)14/h1-11,18H,12H2. The zero-order valence-corrected chi connectivity index (χ0v) is 11.5. The number of benzene rings is 3. The first-order valence-corrected chi connectivity index (χ1v) is 7.09. The van der Waals surface area contributed by atoms with Gasteiger partial charge in [0.1, 0.15) is 6.10 Å². The van der Waals surface area contributed by atoms with E-state index in [4.69, 9.17) is 4.74 Å². The van der Waals surface area contributed by atoms with Crippen molar-refractivity contribution in [2.24, 2.45) is 0 Å². The molecule has 102 valence electrons. The van der Waals surface area contributed by atoms with Crippen LogP contribution in [0.5, 0.6) is 0 Å². The van der Waals surface area contributed by atoms with Gasteiger partial charge in [-0.25, -0.2) is 4.79 Å². The number of cyclic esters (lactones) is 1. The van der Waals surface area contributed by atoms with Crippen LogP contribution in [0.4, 0.5) is 0 Å². The Morgan fingerprint density at radius 2 is 1.62 bits per heavy atom. The predicted octanol–water partition coefficient (Wildman–Crippen LogP) is 4.29. The van der Waals surface area contributed by atoms with Crippen molar-refractivity contribution >= 4 is 16.7 Å². The summed E-state index contributed by atoms with van der Waals surface area (Å²) in [4.78, 5) is 11.9. The number of hydrogen-bond acceptors (Lipinski definition) is 2. The number of fused-ring (bicyclic) bond motifs is 2. The molecule has 3 aromatic carbocycles. The fraction of sp³-hybridized carbons (Fsp3) is 0.105. The molecule has 1 atom stereocenters. The van der Waals surface area contributed by atoms with E-state index >= 15 is 0 Å². The third-order valence-electron chi connectivity index (χ3n) is 4.06. The van der Waals surface area contributed by atoms with Crippen LogP contribution in [0.1, 0.15) is 27.6 Å². The summed E-state index contributed by atoms with van der Waals surface area (Å²) in [6, 6.07) is 22.2. The van der Waals surface area contributed by atoms with Gasteiger partial charge in [-0.05, 0) is 22.4 Å². The van der Waals surface area contributed by atoms with Crippen LogP contribution in [0.2, 0.25) is 0 Å². The van der Waals surface area contributed by atoms with Gasteiger partial charge in [-0.1, -0.05) is 60.7 Å². The maximum Gasteiger partial charge on any atom is 0.339 e. The van der Waals surface area contributed by atoms with Gasteiger partial charge < -0.3 is 4.74 Å². The summed E-state index contributed by atoms with van der Waals surface area (Å²) in [6.07, 6.45) is 0.531. The highest BCUT2D eigenvalue weighted by molar-refractivity contribution is 5.94. The van der Waals surface area contributed by atoms with Crippen molar-refractivity contribution in [3.63, 3.8) is 0 Å². The number of hydrogen-bond donors (Lipinski definition) is 0. The first kappa shape index (κ1) is 12.2. The van der Waals surface area contributed by atoms with Crippen LogP contribution >= 0.6 is 0 Å². The second-order valence-corrected chi connectivity index (χ2v) is 5.32. The second kappa shape index (κ2) is 4.74. The molecule has 2 nitrogen and oxygen atoms in total. The molecule has 4 rings (SSSR count). The zero-order valence-electron chi connectivity index (χ0n) is 11.5. The lowest BCUT2D eigenvalue weighted by Gasteiger charge is -2.12. The van der Waals surface area contributed by atoms with Crippen molar-refractivity contribution in [3.05, 3.63) is 83.4 Å². The summed E-state index contributed by atoms with van der Waals surface area (Å²) in [6.45, 7) is 0. The molecule has 0 amide bonds. The number of esters is 1. The van der Waals surface area contributed by atoms with Gasteiger partial charge in [0.25, 0.3) is 0 Å². The average molecular weight is 274 g/mol. The summed E-state index contributed by atoms with van der Waals surface area (Å²) in [7, 11) is 0. The largest absolute Gasteiger partial charge is 0.454 e. The van der Waals surface area contributed by atoms with Crippen LogP contribution in [-0.4, -0.2) is 5.97 Å². The molecular formula is C19H14O2. The van der Waals surface area contributed by atoms with Gasteiger partial charge in [0, 0.05) is 12.0 Å². The molecule has 0 aliphatic carbocycles. The Balaban J connectivity index is 1.75. The highest BCUT2D eigenvalue weighted by Gasteiger charge is 2.30. The Bertz CT molecular complexity index is 830. The fourth-order valence-electron chi connectivity index (χ4n) is 3.04. The maximum atomic E-state index is 11.9. The van der Waals surface area contributed by atoms with Crippen LogP contribution in [-0.2, 0) is 11.2 Å². The summed E-state index contributed by atoms with van der Waals surface area (Å²) in [5.41, 5.74) is 2.90. The molecule has 1 unspecified atom stereocenters. The molecule has 0 spiro atoms. The summed E-state index contributed by atoms with van der Waals surface area (Å²) in [5.74, 6) is -0.212. The van der Waals surface area contributed by atoms with E-state index in [2.05, 4.69) is 30.3 Å². The molecule has 0 bridgehead atoms. The Morgan fingerprint density at radius 3 is 2.57 bits per heavy atom. The van der Waals surface area contributed by atoms with Crippen LogP contribution < -0.4 is 0 Å². The fourth-order valence-corrected chi connectivity index (χ4v) is 3.04. The first-order chi connectivity index (χ1) is 10.3. The number of rotatable bonds is 2. The zero-order chi connectivity index (χ0) is 14.2. The molecule has 0 N–H and O–H groups in total. The number of carbonyl (C=O) groups excluding carboxylic acids is 1. The number of ether oxygens (including phenoxy) is 1. The van der Waals surface area contributed by atoms with E-state index in [0.717, 1.165) is 5.56 Å². The second-order valence-electron chi connectivity index (χ2n) is 5.32. The van der Waals surface area contributed by atoms with E-state index < -0.39 is 0 Å². The minimum Gasteiger partial charge on any atom is -0.454 e. The maximum absolute atomic E-state index is 11.9. The van der Waals surface area contributed by atoms with Crippen molar-refractivity contribution < 1.29 is 9.53 Å². The molecule has 0 aromatic heterocycles. The lowest BCUT2D eigenvalue weighted by Crippen LogP contribution is -2.03. The van der Waals surface area contributed by atoms with Crippen LogP contribution in [0.15, 0.2) is 66.7 Å². The molecule has 21 heavy (non-hydrogen) atoms. The Morgan fingerprint density at radius 1 is 0.857 bits per heavy atom. The monoisotopic (exact) mass is 274 g/mol.